The highest BCUT2D eigenvalue weighted by Gasteiger charge is 2.43. The van der Waals surface area contributed by atoms with E-state index >= 15 is 0 Å². The summed E-state index contributed by atoms with van der Waals surface area (Å²) in [5.41, 5.74) is 1.84. The number of carboxylic acid groups (broad SMARTS) is 1. The molecular formula is C23H33N3O9S. The second-order valence-corrected chi connectivity index (χ2v) is 10.3. The summed E-state index contributed by atoms with van der Waals surface area (Å²) in [6, 6.07) is 5.06. The van der Waals surface area contributed by atoms with Crippen LogP contribution in [0.4, 0.5) is 0 Å². The van der Waals surface area contributed by atoms with Gasteiger partial charge in [-0.1, -0.05) is 37.6 Å². The number of hydrogen-bond acceptors (Lipinski definition) is 9. The standard InChI is InChI=1S/C23H33N3O9S/c1-4-5-14-6-8-15(9-7-14)10-19(26-36(3,33)34)25-16-11-18(23(31)32)35-22(20(16)24-13(2)28)21(30)17(29)12-27/h6-9,11,16-17,20-22,27,29-30H,4-5,10,12H2,1-3H3,(H,24,28)(H,25,26)(H,31,32)/t16-,17+,20+,21+,22+/m0/s1. The zero-order chi connectivity index (χ0) is 27.0. The maximum Gasteiger partial charge on any atom is 0.370 e. The lowest BCUT2D eigenvalue weighted by molar-refractivity contribution is -0.145. The number of aliphatic hydroxyl groups excluding tert-OH is 3. The van der Waals surface area contributed by atoms with Crippen LogP contribution in [0, 0.1) is 0 Å². The van der Waals surface area contributed by atoms with Gasteiger partial charge >= 0.3 is 5.97 Å². The van der Waals surface area contributed by atoms with E-state index in [0.29, 0.717) is 0 Å². The summed E-state index contributed by atoms with van der Waals surface area (Å²) in [5, 5.41) is 41.7. The van der Waals surface area contributed by atoms with Crippen LogP contribution in [0.5, 0.6) is 0 Å². The summed E-state index contributed by atoms with van der Waals surface area (Å²) in [4.78, 5) is 28.0. The van der Waals surface area contributed by atoms with Crippen molar-refractivity contribution >= 4 is 27.7 Å². The highest BCUT2D eigenvalue weighted by atomic mass is 32.2. The van der Waals surface area contributed by atoms with Crippen LogP contribution in [-0.2, 0) is 37.2 Å². The van der Waals surface area contributed by atoms with Crippen molar-refractivity contribution in [3.8, 4) is 0 Å². The van der Waals surface area contributed by atoms with Gasteiger partial charge in [0.1, 0.15) is 24.1 Å². The maximum atomic E-state index is 12.0. The summed E-state index contributed by atoms with van der Waals surface area (Å²) < 4.78 is 31.8. The molecular weight excluding hydrogens is 494 g/mol. The highest BCUT2D eigenvalue weighted by molar-refractivity contribution is 7.89. The largest absolute Gasteiger partial charge is 0.478 e. The van der Waals surface area contributed by atoms with Gasteiger partial charge in [-0.15, -0.1) is 0 Å². The molecule has 1 aliphatic heterocycles. The number of nitrogens with one attached hydrogen (secondary N) is 2. The van der Waals surface area contributed by atoms with Gasteiger partial charge in [-0.05, 0) is 23.6 Å². The molecule has 1 aromatic carbocycles. The Kier molecular flexibility index (Phi) is 10.4. The third-order valence-electron chi connectivity index (χ3n) is 5.35. The first-order valence-electron chi connectivity index (χ1n) is 11.3. The molecule has 0 aliphatic carbocycles. The van der Waals surface area contributed by atoms with Gasteiger partial charge in [0.2, 0.25) is 21.7 Å². The van der Waals surface area contributed by atoms with E-state index in [-0.39, 0.29) is 12.3 Å². The van der Waals surface area contributed by atoms with Crippen molar-refractivity contribution in [2.24, 2.45) is 4.99 Å². The van der Waals surface area contributed by atoms with Gasteiger partial charge < -0.3 is 30.5 Å². The van der Waals surface area contributed by atoms with Crippen LogP contribution >= 0.6 is 0 Å². The number of hydrogen-bond donors (Lipinski definition) is 6. The summed E-state index contributed by atoms with van der Waals surface area (Å²) >= 11 is 0. The number of amidine groups is 1. The van der Waals surface area contributed by atoms with Crippen molar-refractivity contribution in [3.63, 3.8) is 0 Å². The number of benzene rings is 1. The zero-order valence-corrected chi connectivity index (χ0v) is 21.1. The molecule has 1 aromatic rings. The number of rotatable bonds is 11. The number of aliphatic carboxylic acids is 1. The average molecular weight is 528 g/mol. The number of aliphatic imine (C=N–C) groups is 1. The van der Waals surface area contributed by atoms with Crippen molar-refractivity contribution in [3.05, 3.63) is 47.2 Å². The number of ether oxygens (including phenoxy) is 1. The van der Waals surface area contributed by atoms with E-state index in [1.807, 2.05) is 24.3 Å². The highest BCUT2D eigenvalue weighted by Crippen LogP contribution is 2.25. The molecule has 0 saturated carbocycles. The molecule has 1 aliphatic rings. The molecule has 1 amide bonds. The second-order valence-electron chi connectivity index (χ2n) is 8.57. The molecule has 0 unspecified atom stereocenters. The van der Waals surface area contributed by atoms with Crippen molar-refractivity contribution in [2.45, 2.75) is 63.5 Å². The Morgan fingerprint density at radius 2 is 1.78 bits per heavy atom. The minimum atomic E-state index is -3.79. The topological polar surface area (TPSA) is 195 Å². The Morgan fingerprint density at radius 1 is 1.17 bits per heavy atom. The summed E-state index contributed by atoms with van der Waals surface area (Å²) in [5.74, 6) is -2.74. The van der Waals surface area contributed by atoms with E-state index in [2.05, 4.69) is 22.0 Å². The lowest BCUT2D eigenvalue weighted by Crippen LogP contribution is -2.59. The van der Waals surface area contributed by atoms with Crippen LogP contribution in [0.15, 0.2) is 41.1 Å². The fourth-order valence-corrected chi connectivity index (χ4v) is 4.32. The number of carbonyl (C=O) groups is 2. The Bertz CT molecular complexity index is 1090. The Balaban J connectivity index is 2.55. The van der Waals surface area contributed by atoms with E-state index in [1.54, 1.807) is 0 Å². The predicted octanol–water partition coefficient (Wildman–Crippen LogP) is -0.916. The number of amides is 1. The molecule has 0 spiro atoms. The Labute approximate surface area is 209 Å². The van der Waals surface area contributed by atoms with Crippen molar-refractivity contribution in [2.75, 3.05) is 12.9 Å². The third kappa shape index (κ3) is 8.59. The number of sulfonamides is 1. The van der Waals surface area contributed by atoms with E-state index in [9.17, 15) is 38.4 Å². The number of carbonyl (C=O) groups excluding carboxylic acids is 1. The molecule has 12 nitrogen and oxygen atoms in total. The van der Waals surface area contributed by atoms with Crippen LogP contribution in [0.1, 0.15) is 31.4 Å². The number of nitrogens with zero attached hydrogens (tertiary/aromatic N) is 1. The third-order valence-corrected chi connectivity index (χ3v) is 5.95. The van der Waals surface area contributed by atoms with Crippen LogP contribution in [0.3, 0.4) is 0 Å². The number of aliphatic hydroxyl groups is 3. The van der Waals surface area contributed by atoms with Crippen molar-refractivity contribution < 1.29 is 43.2 Å². The average Bonchev–Trinajstić information content (AvgIpc) is 2.79. The second kappa shape index (κ2) is 12.8. The van der Waals surface area contributed by atoms with Gasteiger partial charge in [-0.2, -0.15) is 0 Å². The van der Waals surface area contributed by atoms with Gasteiger partial charge in [0.15, 0.2) is 0 Å². The van der Waals surface area contributed by atoms with E-state index in [1.165, 1.54) is 6.92 Å². The zero-order valence-electron chi connectivity index (χ0n) is 20.3. The molecule has 13 heteroatoms. The van der Waals surface area contributed by atoms with E-state index in [0.717, 1.165) is 36.3 Å². The molecule has 0 bridgehead atoms. The SMILES string of the molecule is CCCc1ccc(CC(=N[C@H]2C=C(C(=O)O)O[C@@H]([C@H](O)[C@H](O)CO)[C@@H]2NC(C)=O)NS(C)(=O)=O)cc1. The smallest absolute Gasteiger partial charge is 0.370 e. The quantitative estimate of drug-likeness (QED) is 0.156. The lowest BCUT2D eigenvalue weighted by Gasteiger charge is -2.38. The molecule has 200 valence electrons. The Hall–Kier alpha value is -3.00. The monoisotopic (exact) mass is 527 g/mol. The minimum Gasteiger partial charge on any atom is -0.478 e. The van der Waals surface area contributed by atoms with Gasteiger partial charge in [0.25, 0.3) is 0 Å². The van der Waals surface area contributed by atoms with E-state index in [4.69, 9.17) is 4.74 Å². The molecule has 36 heavy (non-hydrogen) atoms. The Morgan fingerprint density at radius 3 is 2.28 bits per heavy atom. The predicted molar refractivity (Wildman–Crippen MR) is 131 cm³/mol. The van der Waals surface area contributed by atoms with Crippen molar-refractivity contribution in [1.29, 1.82) is 0 Å². The maximum absolute atomic E-state index is 12.0. The molecule has 0 aromatic heterocycles. The van der Waals surface area contributed by atoms with Crippen LogP contribution in [0.2, 0.25) is 0 Å². The van der Waals surface area contributed by atoms with Crippen molar-refractivity contribution in [1.82, 2.24) is 10.0 Å². The molecule has 0 radical (unpaired) electrons. The molecule has 1 heterocycles. The van der Waals surface area contributed by atoms with Crippen LogP contribution < -0.4 is 10.0 Å². The van der Waals surface area contributed by atoms with Gasteiger partial charge in [0.05, 0.1) is 24.9 Å². The first kappa shape index (κ1) is 29.2. The minimum absolute atomic E-state index is 0.0341. The fourth-order valence-electron chi connectivity index (χ4n) is 3.77. The van der Waals surface area contributed by atoms with Gasteiger partial charge in [-0.3, -0.25) is 14.5 Å². The lowest BCUT2D eigenvalue weighted by atomic mass is 9.92. The molecule has 6 N–H and O–H groups in total. The first-order chi connectivity index (χ1) is 16.8. The first-order valence-corrected chi connectivity index (χ1v) is 13.2. The fraction of sp³-hybridized carbons (Fsp3) is 0.522. The number of aryl methyl sites for hydroxylation is 1. The van der Waals surface area contributed by atoms with Gasteiger partial charge in [-0.25, -0.2) is 13.2 Å². The van der Waals surface area contributed by atoms with E-state index < -0.39 is 64.7 Å². The normalized spacial score (nSPS) is 22.1. The molecule has 5 atom stereocenters. The summed E-state index contributed by atoms with van der Waals surface area (Å²) in [6.45, 7) is 2.37. The van der Waals surface area contributed by atoms with Gasteiger partial charge in [0, 0.05) is 13.3 Å². The summed E-state index contributed by atoms with van der Waals surface area (Å²) in [7, 11) is -3.79. The molecule has 0 saturated heterocycles. The molecule has 2 rings (SSSR count). The van der Waals surface area contributed by atoms with Crippen LogP contribution in [-0.4, -0.2) is 89.8 Å². The van der Waals surface area contributed by atoms with Crippen LogP contribution in [0.25, 0.3) is 0 Å². The molecule has 0 fully saturated rings. The number of carboxylic acids is 1. The summed E-state index contributed by atoms with van der Waals surface area (Å²) in [6.07, 6.45) is -1.14.